The maximum Gasteiger partial charge on any atom is 0.332 e. The molecule has 0 saturated heterocycles. The van der Waals surface area contributed by atoms with Crippen molar-refractivity contribution < 1.29 is 12.3 Å². The molecule has 0 unspecified atom stereocenters. The topological polar surface area (TPSA) is 62.0 Å². The zero-order chi connectivity index (χ0) is 16.6. The van der Waals surface area contributed by atoms with E-state index < -0.39 is 10.2 Å². The maximum atomic E-state index is 12.8. The Bertz CT molecular complexity index is 972. The van der Waals surface area contributed by atoms with Gasteiger partial charge in [-0.3, -0.25) is 0 Å². The van der Waals surface area contributed by atoms with Crippen LogP contribution in [0.5, 0.6) is 0 Å². The number of aromatic nitrogens is 1. The predicted molar refractivity (Wildman–Crippen MR) is 92.5 cm³/mol. The smallest absolute Gasteiger partial charge is 0.332 e. The van der Waals surface area contributed by atoms with E-state index >= 15 is 0 Å². The Morgan fingerprint density at radius 3 is 2.39 bits per heavy atom. The number of nitrogens with one attached hydrogen (secondary N) is 2. The van der Waals surface area contributed by atoms with Crippen LogP contribution in [0.4, 0.5) is 9.57 Å². The lowest BCUT2D eigenvalue weighted by Gasteiger charge is -2.08. The third kappa shape index (κ3) is 3.42. The van der Waals surface area contributed by atoms with Gasteiger partial charge in [-0.15, -0.1) is 3.89 Å². The van der Waals surface area contributed by atoms with Crippen LogP contribution >= 0.6 is 35.1 Å². The van der Waals surface area contributed by atoms with Gasteiger partial charge in [0, 0.05) is 16.5 Å². The van der Waals surface area contributed by atoms with Crippen molar-refractivity contribution in [3.05, 3.63) is 52.6 Å². The quantitative estimate of drug-likeness (QED) is 0.471. The van der Waals surface area contributed by atoms with Gasteiger partial charge in [0.15, 0.2) is 0 Å². The summed E-state index contributed by atoms with van der Waals surface area (Å²) in [6, 6.07) is 8.97. The van der Waals surface area contributed by atoms with Crippen molar-refractivity contribution in [2.75, 3.05) is 4.72 Å². The first-order valence-corrected chi connectivity index (χ1v) is 9.24. The van der Waals surface area contributed by atoms with Gasteiger partial charge in [-0.1, -0.05) is 23.2 Å². The minimum absolute atomic E-state index is 0.369. The summed E-state index contributed by atoms with van der Waals surface area (Å²) >= 11 is 13.5. The number of hydrogen-bond acceptors (Lipinski definition) is 4. The van der Waals surface area contributed by atoms with Crippen molar-refractivity contribution in [1.82, 2.24) is 4.98 Å². The van der Waals surface area contributed by atoms with Gasteiger partial charge in [-0.2, -0.15) is 8.42 Å². The van der Waals surface area contributed by atoms with Gasteiger partial charge in [-0.05, 0) is 48.3 Å². The molecule has 0 fully saturated rings. The molecular weight excluding hydrogens is 382 g/mol. The van der Waals surface area contributed by atoms with Crippen LogP contribution in [0.25, 0.3) is 10.9 Å². The molecular formula is C14H9Cl2FN2O2S2. The van der Waals surface area contributed by atoms with Gasteiger partial charge < -0.3 is 9.71 Å². The number of hydrogen-bond donors (Lipinski definition) is 2. The Kier molecular flexibility index (Phi) is 4.46. The highest BCUT2D eigenvalue weighted by atomic mass is 35.5. The van der Waals surface area contributed by atoms with Gasteiger partial charge in [0.25, 0.3) is 0 Å². The first-order valence-electron chi connectivity index (χ1n) is 6.29. The monoisotopic (exact) mass is 390 g/mol. The number of aromatic amines is 1. The molecule has 0 radical (unpaired) electrons. The van der Waals surface area contributed by atoms with Crippen molar-refractivity contribution in [2.45, 2.75) is 9.79 Å². The zero-order valence-corrected chi connectivity index (χ0v) is 14.5. The summed E-state index contributed by atoms with van der Waals surface area (Å²) in [4.78, 5) is 3.39. The average molecular weight is 391 g/mol. The number of anilines is 1. The van der Waals surface area contributed by atoms with E-state index in [1.807, 2.05) is 0 Å². The van der Waals surface area contributed by atoms with Crippen molar-refractivity contribution in [2.24, 2.45) is 0 Å². The second kappa shape index (κ2) is 6.24. The Labute approximate surface area is 146 Å². The molecule has 0 spiro atoms. The molecule has 2 N–H and O–H groups in total. The summed E-state index contributed by atoms with van der Waals surface area (Å²) in [6.45, 7) is 0. The summed E-state index contributed by atoms with van der Waals surface area (Å²) in [5.41, 5.74) is 1.53. The zero-order valence-electron chi connectivity index (χ0n) is 11.3. The van der Waals surface area contributed by atoms with Crippen LogP contribution in [0, 0.1) is 0 Å². The first-order chi connectivity index (χ1) is 10.9. The van der Waals surface area contributed by atoms with Crippen LogP contribution in [-0.4, -0.2) is 13.4 Å². The first kappa shape index (κ1) is 16.4. The fourth-order valence-electron chi connectivity index (χ4n) is 2.04. The van der Waals surface area contributed by atoms with Gasteiger partial charge >= 0.3 is 10.2 Å². The highest BCUT2D eigenvalue weighted by molar-refractivity contribution is 8.00. The van der Waals surface area contributed by atoms with Crippen molar-refractivity contribution in [3.63, 3.8) is 0 Å². The minimum atomic E-state index is -4.68. The molecule has 0 aliphatic rings. The summed E-state index contributed by atoms with van der Waals surface area (Å²) in [6.07, 6.45) is 1.65. The molecule has 1 aromatic heterocycles. The lowest BCUT2D eigenvalue weighted by Crippen LogP contribution is -1.92. The second-order valence-electron chi connectivity index (χ2n) is 4.59. The van der Waals surface area contributed by atoms with E-state index in [1.165, 1.54) is 36.2 Å². The number of H-pyrrole nitrogens is 1. The molecule has 4 nitrogen and oxygen atoms in total. The molecule has 0 amide bonds. The molecule has 3 aromatic rings. The molecule has 0 aliphatic heterocycles. The van der Waals surface area contributed by atoms with Crippen LogP contribution in [0.3, 0.4) is 0 Å². The lowest BCUT2D eigenvalue weighted by atomic mass is 10.2. The number of halogens is 3. The highest BCUT2D eigenvalue weighted by Gasteiger charge is 2.12. The third-order valence-electron chi connectivity index (χ3n) is 3.12. The Morgan fingerprint density at radius 2 is 1.74 bits per heavy atom. The van der Waals surface area contributed by atoms with E-state index in [0.29, 0.717) is 10.0 Å². The molecule has 0 bridgehead atoms. The van der Waals surface area contributed by atoms with Crippen molar-refractivity contribution >= 4 is 62.0 Å². The van der Waals surface area contributed by atoms with E-state index in [-0.39, 0.29) is 4.90 Å². The predicted octanol–water partition coefficient (Wildman–Crippen LogP) is 5.25. The Hall–Kier alpha value is -1.41. The summed E-state index contributed by atoms with van der Waals surface area (Å²) in [5, 5.41) is 1.79. The van der Waals surface area contributed by atoms with E-state index in [0.717, 1.165) is 21.5 Å². The van der Waals surface area contributed by atoms with Gasteiger partial charge in [0.1, 0.15) is 0 Å². The number of rotatable bonds is 4. The van der Waals surface area contributed by atoms with Crippen LogP contribution in [0.2, 0.25) is 10.0 Å². The molecule has 0 saturated carbocycles. The lowest BCUT2D eigenvalue weighted by molar-refractivity contribution is 0.552. The van der Waals surface area contributed by atoms with Crippen LogP contribution in [0.1, 0.15) is 0 Å². The fraction of sp³-hybridized carbons (Fsp3) is 0. The van der Waals surface area contributed by atoms with Crippen LogP contribution < -0.4 is 4.72 Å². The second-order valence-corrected chi connectivity index (χ2v) is 7.64. The Balaban J connectivity index is 1.83. The Morgan fingerprint density at radius 1 is 1.04 bits per heavy atom. The molecule has 0 atom stereocenters. The van der Waals surface area contributed by atoms with Crippen LogP contribution in [0.15, 0.2) is 52.4 Å². The summed E-state index contributed by atoms with van der Waals surface area (Å²) < 4.78 is 37.5. The van der Waals surface area contributed by atoms with Gasteiger partial charge in [0.2, 0.25) is 0 Å². The largest absolute Gasteiger partial charge is 0.358 e. The van der Waals surface area contributed by atoms with Crippen LogP contribution in [-0.2, 0) is 10.2 Å². The standard InChI is InChI=1S/C14H9Cl2FN2O2S2/c15-10-5-6-12(14-13(10)11(16)7-18-14)19-22-8-1-3-9(4-2-8)23(17,20)21/h1-7,18-19H. The number of benzene rings is 2. The molecule has 2 aromatic carbocycles. The molecule has 23 heavy (non-hydrogen) atoms. The third-order valence-corrected chi connectivity index (χ3v) is 5.40. The SMILES string of the molecule is O=S(=O)(F)c1ccc(SNc2ccc(Cl)c3c(Cl)c[nH]c23)cc1. The van der Waals surface area contributed by atoms with Gasteiger partial charge in [-0.25, -0.2) is 0 Å². The van der Waals surface area contributed by atoms with E-state index in [9.17, 15) is 12.3 Å². The molecule has 0 aliphatic carbocycles. The minimum Gasteiger partial charge on any atom is -0.358 e. The van der Waals surface area contributed by atoms with Gasteiger partial charge in [0.05, 0.1) is 26.1 Å². The summed E-state index contributed by atoms with van der Waals surface area (Å²) in [5.74, 6) is 0. The van der Waals surface area contributed by atoms with E-state index in [4.69, 9.17) is 23.2 Å². The summed E-state index contributed by atoms with van der Waals surface area (Å²) in [7, 11) is -4.68. The van der Waals surface area contributed by atoms with Crippen molar-refractivity contribution in [3.8, 4) is 0 Å². The van der Waals surface area contributed by atoms with Crippen molar-refractivity contribution in [1.29, 1.82) is 0 Å². The maximum absolute atomic E-state index is 12.8. The average Bonchev–Trinajstić information content (AvgIpc) is 2.89. The normalized spacial score (nSPS) is 11.8. The molecule has 1 heterocycles. The van der Waals surface area contributed by atoms with E-state index in [1.54, 1.807) is 18.3 Å². The number of fused-ring (bicyclic) bond motifs is 1. The molecule has 3 rings (SSSR count). The van der Waals surface area contributed by atoms with E-state index in [2.05, 4.69) is 9.71 Å². The molecule has 9 heteroatoms. The highest BCUT2D eigenvalue weighted by Crippen LogP contribution is 2.36. The molecule has 120 valence electrons. The fourth-order valence-corrected chi connectivity index (χ4v) is 3.73.